The first-order valence-electron chi connectivity index (χ1n) is 6.13. The largest absolute Gasteiger partial charge is 0.478 e. The second kappa shape index (κ2) is 4.40. The Kier molecular flexibility index (Phi) is 3.09. The molecule has 1 saturated heterocycles. The lowest BCUT2D eigenvalue weighted by Crippen LogP contribution is -2.33. The Morgan fingerprint density at radius 2 is 1.88 bits per heavy atom. The number of carboxylic acid groups (broad SMARTS) is 1. The van der Waals surface area contributed by atoms with Crippen LogP contribution in [0.4, 0.5) is 5.69 Å². The molecule has 0 radical (unpaired) electrons. The molecule has 0 spiro atoms. The number of aryl methyl sites for hydroxylation is 1. The molecule has 0 unspecified atom stereocenters. The van der Waals surface area contributed by atoms with E-state index in [0.717, 1.165) is 5.56 Å². The van der Waals surface area contributed by atoms with Crippen LogP contribution < -0.4 is 4.90 Å². The van der Waals surface area contributed by atoms with Gasteiger partial charge in [-0.1, -0.05) is 0 Å². The summed E-state index contributed by atoms with van der Waals surface area (Å²) in [6, 6.07) is 6.48. The highest BCUT2D eigenvalue weighted by molar-refractivity contribution is 5.88. The van der Waals surface area contributed by atoms with E-state index in [-0.39, 0.29) is 0 Å². The predicted molar refractivity (Wildman–Crippen MR) is 68.8 cm³/mol. The molecule has 3 nitrogen and oxygen atoms in total. The van der Waals surface area contributed by atoms with Gasteiger partial charge in [0.25, 0.3) is 0 Å². The highest BCUT2D eigenvalue weighted by Gasteiger charge is 2.28. The van der Waals surface area contributed by atoms with Crippen molar-refractivity contribution in [1.82, 2.24) is 0 Å². The average Bonchev–Trinajstić information content (AvgIpc) is 2.59. The van der Waals surface area contributed by atoms with Gasteiger partial charge in [0.15, 0.2) is 0 Å². The Morgan fingerprint density at radius 1 is 1.29 bits per heavy atom. The van der Waals surface area contributed by atoms with Crippen molar-refractivity contribution >= 4 is 11.7 Å². The Labute approximate surface area is 102 Å². The molecular weight excluding hydrogens is 214 g/mol. The molecule has 1 heterocycles. The third kappa shape index (κ3) is 2.14. The summed E-state index contributed by atoms with van der Waals surface area (Å²) >= 11 is 0. The van der Waals surface area contributed by atoms with Gasteiger partial charge in [-0.2, -0.15) is 0 Å². The molecule has 0 aliphatic carbocycles. The quantitative estimate of drug-likeness (QED) is 0.853. The molecule has 1 aromatic rings. The maximum atomic E-state index is 10.9. The zero-order chi connectivity index (χ0) is 12.6. The van der Waals surface area contributed by atoms with Crippen LogP contribution in [0.1, 0.15) is 42.6 Å². The van der Waals surface area contributed by atoms with Crippen LogP contribution in [0.2, 0.25) is 0 Å². The molecule has 0 bridgehead atoms. The van der Waals surface area contributed by atoms with E-state index in [2.05, 4.69) is 18.7 Å². The summed E-state index contributed by atoms with van der Waals surface area (Å²) in [5.74, 6) is -0.859. The zero-order valence-corrected chi connectivity index (χ0v) is 10.6. The van der Waals surface area contributed by atoms with Crippen LogP contribution in [0.5, 0.6) is 0 Å². The van der Waals surface area contributed by atoms with Crippen molar-refractivity contribution in [3.8, 4) is 0 Å². The summed E-state index contributed by atoms with van der Waals surface area (Å²) in [5, 5.41) is 8.96. The van der Waals surface area contributed by atoms with E-state index in [1.54, 1.807) is 12.1 Å². The number of hydrogen-bond acceptors (Lipinski definition) is 2. The molecule has 3 heteroatoms. The van der Waals surface area contributed by atoms with Gasteiger partial charge < -0.3 is 10.0 Å². The first-order valence-corrected chi connectivity index (χ1v) is 6.13. The lowest BCUT2D eigenvalue weighted by Gasteiger charge is -2.30. The van der Waals surface area contributed by atoms with Crippen LogP contribution in [0.15, 0.2) is 18.2 Å². The third-order valence-corrected chi connectivity index (χ3v) is 3.67. The molecule has 92 valence electrons. The maximum Gasteiger partial charge on any atom is 0.335 e. The monoisotopic (exact) mass is 233 g/mol. The SMILES string of the molecule is Cc1cc(C(=O)O)ccc1N1[C@H](C)CC[C@@H]1C. The molecule has 0 amide bonds. The van der Waals surface area contributed by atoms with Gasteiger partial charge in [0, 0.05) is 17.8 Å². The second-order valence-corrected chi connectivity index (χ2v) is 4.99. The summed E-state index contributed by atoms with van der Waals surface area (Å²) in [7, 11) is 0. The number of benzene rings is 1. The molecule has 0 aromatic heterocycles. The van der Waals surface area contributed by atoms with E-state index in [1.807, 2.05) is 13.0 Å². The standard InChI is InChI=1S/C14H19NO2/c1-9-8-12(14(16)17)6-7-13(9)15-10(2)4-5-11(15)3/h6-8,10-11H,4-5H2,1-3H3,(H,16,17)/t10-,11+. The minimum atomic E-state index is -0.859. The lowest BCUT2D eigenvalue weighted by atomic mass is 10.1. The molecule has 0 saturated carbocycles. The smallest absolute Gasteiger partial charge is 0.335 e. The summed E-state index contributed by atoms with van der Waals surface area (Å²) in [6.45, 7) is 6.45. The molecule has 2 rings (SSSR count). The first kappa shape index (κ1) is 12.0. The van der Waals surface area contributed by atoms with Crippen molar-refractivity contribution in [3.05, 3.63) is 29.3 Å². The van der Waals surface area contributed by atoms with E-state index in [9.17, 15) is 4.79 Å². The number of rotatable bonds is 2. The normalized spacial score (nSPS) is 24.1. The van der Waals surface area contributed by atoms with Crippen LogP contribution in [-0.4, -0.2) is 23.2 Å². The van der Waals surface area contributed by atoms with Crippen LogP contribution in [0.25, 0.3) is 0 Å². The van der Waals surface area contributed by atoms with E-state index < -0.39 is 5.97 Å². The fourth-order valence-corrected chi connectivity index (χ4v) is 2.75. The highest BCUT2D eigenvalue weighted by Crippen LogP contribution is 2.32. The Balaban J connectivity index is 2.36. The predicted octanol–water partition coefficient (Wildman–Crippen LogP) is 3.07. The maximum absolute atomic E-state index is 10.9. The molecule has 2 atom stereocenters. The van der Waals surface area contributed by atoms with Gasteiger partial charge in [-0.05, 0) is 57.4 Å². The minimum absolute atomic E-state index is 0.366. The van der Waals surface area contributed by atoms with Gasteiger partial charge in [-0.25, -0.2) is 4.79 Å². The average molecular weight is 233 g/mol. The Hall–Kier alpha value is -1.51. The highest BCUT2D eigenvalue weighted by atomic mass is 16.4. The number of hydrogen-bond donors (Lipinski definition) is 1. The van der Waals surface area contributed by atoms with Crippen LogP contribution in [0.3, 0.4) is 0 Å². The summed E-state index contributed by atoms with van der Waals surface area (Å²) in [6.07, 6.45) is 2.42. The lowest BCUT2D eigenvalue weighted by molar-refractivity contribution is 0.0697. The molecular formula is C14H19NO2. The van der Waals surface area contributed by atoms with Crippen molar-refractivity contribution in [3.63, 3.8) is 0 Å². The molecule has 1 aromatic carbocycles. The van der Waals surface area contributed by atoms with Crippen molar-refractivity contribution in [2.75, 3.05) is 4.90 Å². The topological polar surface area (TPSA) is 40.5 Å². The summed E-state index contributed by atoms with van der Waals surface area (Å²) < 4.78 is 0. The number of aromatic carboxylic acids is 1. The molecule has 1 N–H and O–H groups in total. The third-order valence-electron chi connectivity index (χ3n) is 3.67. The van der Waals surface area contributed by atoms with Gasteiger partial charge in [0.1, 0.15) is 0 Å². The van der Waals surface area contributed by atoms with E-state index in [0.29, 0.717) is 17.6 Å². The van der Waals surface area contributed by atoms with Crippen molar-refractivity contribution in [2.45, 2.75) is 45.7 Å². The van der Waals surface area contributed by atoms with E-state index in [4.69, 9.17) is 5.11 Å². The molecule has 17 heavy (non-hydrogen) atoms. The van der Waals surface area contributed by atoms with E-state index in [1.165, 1.54) is 18.5 Å². The molecule has 1 aliphatic rings. The van der Waals surface area contributed by atoms with Crippen LogP contribution in [0, 0.1) is 6.92 Å². The Bertz CT molecular complexity index is 432. The van der Waals surface area contributed by atoms with Crippen LogP contribution in [-0.2, 0) is 0 Å². The second-order valence-electron chi connectivity index (χ2n) is 4.99. The van der Waals surface area contributed by atoms with Crippen molar-refractivity contribution in [1.29, 1.82) is 0 Å². The van der Waals surface area contributed by atoms with E-state index >= 15 is 0 Å². The van der Waals surface area contributed by atoms with Gasteiger partial charge in [0.05, 0.1) is 5.56 Å². The number of carbonyl (C=O) groups is 1. The van der Waals surface area contributed by atoms with Crippen LogP contribution >= 0.6 is 0 Å². The van der Waals surface area contributed by atoms with Gasteiger partial charge in [0.2, 0.25) is 0 Å². The fraction of sp³-hybridized carbons (Fsp3) is 0.500. The number of nitrogens with zero attached hydrogens (tertiary/aromatic N) is 1. The van der Waals surface area contributed by atoms with Crippen molar-refractivity contribution in [2.24, 2.45) is 0 Å². The van der Waals surface area contributed by atoms with Gasteiger partial charge >= 0.3 is 5.97 Å². The number of anilines is 1. The molecule has 1 fully saturated rings. The van der Waals surface area contributed by atoms with Crippen molar-refractivity contribution < 1.29 is 9.90 Å². The Morgan fingerprint density at radius 3 is 2.35 bits per heavy atom. The van der Waals surface area contributed by atoms with Gasteiger partial charge in [-0.15, -0.1) is 0 Å². The fourth-order valence-electron chi connectivity index (χ4n) is 2.75. The number of carboxylic acids is 1. The molecule has 1 aliphatic heterocycles. The zero-order valence-electron chi connectivity index (χ0n) is 10.6. The van der Waals surface area contributed by atoms with Gasteiger partial charge in [-0.3, -0.25) is 0 Å². The summed E-state index contributed by atoms with van der Waals surface area (Å²) in [4.78, 5) is 13.3. The minimum Gasteiger partial charge on any atom is -0.478 e. The summed E-state index contributed by atoms with van der Waals surface area (Å²) in [5.41, 5.74) is 2.59. The first-order chi connectivity index (χ1) is 8.00.